The van der Waals surface area contributed by atoms with E-state index in [4.69, 9.17) is 0 Å². The van der Waals surface area contributed by atoms with E-state index in [0.29, 0.717) is 30.0 Å². The number of hydrogen-bond donors (Lipinski definition) is 1. The second kappa shape index (κ2) is 6.44. The molecular formula is C19H16N4O3. The van der Waals surface area contributed by atoms with E-state index < -0.39 is 11.5 Å². The van der Waals surface area contributed by atoms with E-state index >= 15 is 0 Å². The monoisotopic (exact) mass is 348 g/mol. The third-order valence-electron chi connectivity index (χ3n) is 4.37. The van der Waals surface area contributed by atoms with E-state index in [1.165, 1.54) is 10.6 Å². The molecule has 3 aromatic rings. The highest BCUT2D eigenvalue weighted by atomic mass is 16.2. The highest BCUT2D eigenvalue weighted by Gasteiger charge is 2.24. The van der Waals surface area contributed by atoms with Gasteiger partial charge in [0.2, 0.25) is 5.91 Å². The summed E-state index contributed by atoms with van der Waals surface area (Å²) in [5.74, 6) is -0.529. The number of aromatic nitrogens is 2. The van der Waals surface area contributed by atoms with Crippen LogP contribution in [0.4, 0.5) is 11.4 Å². The van der Waals surface area contributed by atoms with Crippen LogP contribution >= 0.6 is 0 Å². The predicted octanol–water partition coefficient (Wildman–Crippen LogP) is 2.07. The second-order valence-corrected chi connectivity index (χ2v) is 6.03. The number of nitrogens with zero attached hydrogens (tertiary/aromatic N) is 3. The van der Waals surface area contributed by atoms with Gasteiger partial charge in [0, 0.05) is 25.4 Å². The number of pyridine rings is 1. The molecule has 0 radical (unpaired) electrons. The van der Waals surface area contributed by atoms with Crippen LogP contribution < -0.4 is 15.8 Å². The Morgan fingerprint density at radius 1 is 1.08 bits per heavy atom. The number of carbonyl (C=O) groups is 2. The van der Waals surface area contributed by atoms with Gasteiger partial charge in [-0.05, 0) is 30.7 Å². The van der Waals surface area contributed by atoms with Gasteiger partial charge in [0.05, 0.1) is 11.4 Å². The van der Waals surface area contributed by atoms with E-state index in [1.54, 1.807) is 47.5 Å². The molecule has 0 saturated carbocycles. The lowest BCUT2D eigenvalue weighted by Crippen LogP contribution is -2.28. The SMILES string of the molecule is O=C(Nc1ccccc1N1CCCC1=O)c1cnc2ccccn2c1=O. The number of rotatable bonds is 3. The molecule has 1 aliphatic heterocycles. The molecule has 1 aromatic carbocycles. The average molecular weight is 348 g/mol. The summed E-state index contributed by atoms with van der Waals surface area (Å²) in [4.78, 5) is 43.1. The lowest BCUT2D eigenvalue weighted by molar-refractivity contribution is -0.117. The van der Waals surface area contributed by atoms with Crippen molar-refractivity contribution >= 4 is 28.8 Å². The van der Waals surface area contributed by atoms with Gasteiger partial charge in [-0.1, -0.05) is 18.2 Å². The van der Waals surface area contributed by atoms with Crippen molar-refractivity contribution in [1.82, 2.24) is 9.38 Å². The largest absolute Gasteiger partial charge is 0.320 e. The molecule has 7 heteroatoms. The number of benzene rings is 1. The van der Waals surface area contributed by atoms with Gasteiger partial charge in [0.25, 0.3) is 11.5 Å². The number of carbonyl (C=O) groups excluding carboxylic acids is 2. The maximum Gasteiger partial charge on any atom is 0.270 e. The van der Waals surface area contributed by atoms with Crippen molar-refractivity contribution < 1.29 is 9.59 Å². The minimum atomic E-state index is -0.556. The van der Waals surface area contributed by atoms with Gasteiger partial charge >= 0.3 is 0 Å². The van der Waals surface area contributed by atoms with Crippen LogP contribution in [0.2, 0.25) is 0 Å². The minimum Gasteiger partial charge on any atom is -0.320 e. The molecular weight excluding hydrogens is 332 g/mol. The van der Waals surface area contributed by atoms with Gasteiger partial charge in [-0.25, -0.2) is 4.98 Å². The molecule has 1 saturated heterocycles. The zero-order valence-corrected chi connectivity index (χ0v) is 13.9. The van der Waals surface area contributed by atoms with Gasteiger partial charge in [-0.2, -0.15) is 0 Å². The van der Waals surface area contributed by atoms with Crippen molar-refractivity contribution in [3.63, 3.8) is 0 Å². The molecule has 130 valence electrons. The second-order valence-electron chi connectivity index (χ2n) is 6.03. The summed E-state index contributed by atoms with van der Waals surface area (Å²) >= 11 is 0. The van der Waals surface area contributed by atoms with Gasteiger partial charge in [0.1, 0.15) is 11.2 Å². The number of amides is 2. The van der Waals surface area contributed by atoms with Crippen LogP contribution in [0.25, 0.3) is 5.65 Å². The highest BCUT2D eigenvalue weighted by molar-refractivity contribution is 6.07. The van der Waals surface area contributed by atoms with E-state index in [1.807, 2.05) is 6.07 Å². The number of hydrogen-bond acceptors (Lipinski definition) is 4. The van der Waals surface area contributed by atoms with Crippen molar-refractivity contribution in [3.05, 3.63) is 70.8 Å². The van der Waals surface area contributed by atoms with Gasteiger partial charge < -0.3 is 10.2 Å². The van der Waals surface area contributed by atoms with Gasteiger partial charge in [-0.3, -0.25) is 18.8 Å². The molecule has 0 spiro atoms. The molecule has 0 bridgehead atoms. The number of fused-ring (bicyclic) bond motifs is 1. The first-order chi connectivity index (χ1) is 12.6. The highest BCUT2D eigenvalue weighted by Crippen LogP contribution is 2.29. The van der Waals surface area contributed by atoms with E-state index in [-0.39, 0.29) is 11.5 Å². The fourth-order valence-corrected chi connectivity index (χ4v) is 3.09. The molecule has 1 aliphatic rings. The fraction of sp³-hybridized carbons (Fsp3) is 0.158. The summed E-state index contributed by atoms with van der Waals surface area (Å²) in [7, 11) is 0. The number of nitrogens with one attached hydrogen (secondary N) is 1. The first-order valence-electron chi connectivity index (χ1n) is 8.32. The zero-order chi connectivity index (χ0) is 18.1. The van der Waals surface area contributed by atoms with Crippen molar-refractivity contribution in [1.29, 1.82) is 0 Å². The van der Waals surface area contributed by atoms with Crippen molar-refractivity contribution in [3.8, 4) is 0 Å². The Balaban J connectivity index is 1.69. The Morgan fingerprint density at radius 3 is 2.69 bits per heavy atom. The minimum absolute atomic E-state index is 0.0270. The van der Waals surface area contributed by atoms with Crippen molar-refractivity contribution in [2.24, 2.45) is 0 Å². The lowest BCUT2D eigenvalue weighted by Gasteiger charge is -2.19. The Labute approximate surface area is 148 Å². The summed E-state index contributed by atoms with van der Waals surface area (Å²) in [5, 5.41) is 2.74. The summed E-state index contributed by atoms with van der Waals surface area (Å²) in [6.07, 6.45) is 4.13. The topological polar surface area (TPSA) is 83.8 Å². The first-order valence-corrected chi connectivity index (χ1v) is 8.32. The summed E-state index contributed by atoms with van der Waals surface area (Å²) < 4.78 is 1.32. The molecule has 1 N–H and O–H groups in total. The quantitative estimate of drug-likeness (QED) is 0.785. The van der Waals surface area contributed by atoms with Crippen LogP contribution in [-0.4, -0.2) is 27.7 Å². The van der Waals surface area contributed by atoms with Crippen molar-refractivity contribution in [2.45, 2.75) is 12.8 Å². The van der Waals surface area contributed by atoms with Crippen LogP contribution in [0.1, 0.15) is 23.2 Å². The fourth-order valence-electron chi connectivity index (χ4n) is 3.09. The summed E-state index contributed by atoms with van der Waals surface area (Å²) in [6.45, 7) is 0.617. The molecule has 26 heavy (non-hydrogen) atoms. The molecule has 0 atom stereocenters. The first kappa shape index (κ1) is 16.0. The maximum absolute atomic E-state index is 12.7. The normalized spacial score (nSPS) is 14.0. The maximum atomic E-state index is 12.7. The predicted molar refractivity (Wildman–Crippen MR) is 97.4 cm³/mol. The van der Waals surface area contributed by atoms with Crippen LogP contribution in [0.3, 0.4) is 0 Å². The van der Waals surface area contributed by atoms with Crippen LogP contribution in [0.15, 0.2) is 59.7 Å². The third-order valence-corrected chi connectivity index (χ3v) is 4.37. The summed E-state index contributed by atoms with van der Waals surface area (Å²) in [5.41, 5.74) is 1.10. The third kappa shape index (κ3) is 2.73. The van der Waals surface area contributed by atoms with Gasteiger partial charge in [0.15, 0.2) is 0 Å². The Kier molecular flexibility index (Phi) is 3.96. The number of anilines is 2. The zero-order valence-electron chi connectivity index (χ0n) is 13.9. The smallest absolute Gasteiger partial charge is 0.270 e. The molecule has 0 aliphatic carbocycles. The average Bonchev–Trinajstić information content (AvgIpc) is 3.08. The van der Waals surface area contributed by atoms with Gasteiger partial charge in [-0.15, -0.1) is 0 Å². The Hall–Kier alpha value is -3.48. The molecule has 1 fully saturated rings. The van der Waals surface area contributed by atoms with E-state index in [0.717, 1.165) is 6.42 Å². The van der Waals surface area contributed by atoms with Crippen LogP contribution in [0.5, 0.6) is 0 Å². The van der Waals surface area contributed by atoms with E-state index in [9.17, 15) is 14.4 Å². The summed E-state index contributed by atoms with van der Waals surface area (Å²) in [6, 6.07) is 12.2. The molecule has 3 heterocycles. The lowest BCUT2D eigenvalue weighted by atomic mass is 10.2. The molecule has 2 amide bonds. The van der Waals surface area contributed by atoms with Crippen LogP contribution in [-0.2, 0) is 4.79 Å². The Bertz CT molecular complexity index is 1070. The molecule has 4 rings (SSSR count). The van der Waals surface area contributed by atoms with Crippen LogP contribution in [0, 0.1) is 0 Å². The molecule has 0 unspecified atom stereocenters. The Morgan fingerprint density at radius 2 is 1.88 bits per heavy atom. The van der Waals surface area contributed by atoms with Crippen molar-refractivity contribution in [2.75, 3.05) is 16.8 Å². The molecule has 2 aromatic heterocycles. The molecule has 7 nitrogen and oxygen atoms in total. The number of para-hydroxylation sites is 2. The van der Waals surface area contributed by atoms with E-state index in [2.05, 4.69) is 10.3 Å². The standard InChI is InChI=1S/C19H16N4O3/c24-17-9-5-11-22(17)15-7-2-1-6-14(15)21-18(25)13-12-20-16-8-3-4-10-23(16)19(13)26/h1-4,6-8,10,12H,5,9,11H2,(H,21,25).